The highest BCUT2D eigenvalue weighted by Crippen LogP contribution is 2.18. The Labute approximate surface area is 124 Å². The largest absolute Gasteiger partial charge is 0.380 e. The van der Waals surface area contributed by atoms with Crippen molar-refractivity contribution >= 4 is 0 Å². The lowest BCUT2D eigenvalue weighted by atomic mass is 9.93. The van der Waals surface area contributed by atoms with Gasteiger partial charge in [-0.15, -0.1) is 0 Å². The predicted molar refractivity (Wildman–Crippen MR) is 86.8 cm³/mol. The number of aliphatic hydroxyl groups excluding tert-OH is 1. The first kappa shape index (κ1) is 16.8. The average Bonchev–Trinajstić information content (AvgIpc) is 2.42. The van der Waals surface area contributed by atoms with Crippen LogP contribution in [-0.2, 0) is 0 Å². The zero-order chi connectivity index (χ0) is 15.1. The Balaban J connectivity index is 2.85. The number of aryl methyl sites for hydroxylation is 3. The summed E-state index contributed by atoms with van der Waals surface area (Å²) in [6.45, 7) is 10.6. The van der Waals surface area contributed by atoms with Gasteiger partial charge in [0.2, 0.25) is 0 Å². The van der Waals surface area contributed by atoms with Gasteiger partial charge in [0.15, 0.2) is 0 Å². The van der Waals surface area contributed by atoms with E-state index in [4.69, 9.17) is 0 Å². The minimum atomic E-state index is -0.507. The van der Waals surface area contributed by atoms with Crippen LogP contribution in [0.15, 0.2) is 12.1 Å². The minimum Gasteiger partial charge on any atom is -0.380 e. The SMILES string of the molecule is CCCCC(CC)C(O)C#Cc1cc(C)c(C)cc1C. The molecule has 0 saturated heterocycles. The second-order valence-electron chi connectivity index (χ2n) is 5.78. The second-order valence-corrected chi connectivity index (χ2v) is 5.78. The lowest BCUT2D eigenvalue weighted by Crippen LogP contribution is -2.17. The summed E-state index contributed by atoms with van der Waals surface area (Å²) in [5.41, 5.74) is 4.78. The van der Waals surface area contributed by atoms with Gasteiger partial charge >= 0.3 is 0 Å². The van der Waals surface area contributed by atoms with Gasteiger partial charge in [0, 0.05) is 5.56 Å². The third-order valence-corrected chi connectivity index (χ3v) is 4.09. The summed E-state index contributed by atoms with van der Waals surface area (Å²) in [6, 6.07) is 4.29. The first-order valence-electron chi connectivity index (χ1n) is 7.77. The fraction of sp³-hybridized carbons (Fsp3) is 0.579. The van der Waals surface area contributed by atoms with Crippen LogP contribution < -0.4 is 0 Å². The van der Waals surface area contributed by atoms with E-state index in [1.807, 2.05) is 0 Å². The molecule has 0 aliphatic rings. The zero-order valence-corrected chi connectivity index (χ0v) is 13.6. The van der Waals surface area contributed by atoms with Crippen molar-refractivity contribution in [1.29, 1.82) is 0 Å². The molecule has 1 N–H and O–H groups in total. The van der Waals surface area contributed by atoms with E-state index in [2.05, 4.69) is 58.6 Å². The molecule has 0 fully saturated rings. The Morgan fingerprint density at radius 3 is 2.30 bits per heavy atom. The number of unbranched alkanes of at least 4 members (excludes halogenated alkanes) is 1. The van der Waals surface area contributed by atoms with E-state index in [-0.39, 0.29) is 0 Å². The van der Waals surface area contributed by atoms with E-state index >= 15 is 0 Å². The van der Waals surface area contributed by atoms with Crippen LogP contribution in [0.1, 0.15) is 61.8 Å². The van der Waals surface area contributed by atoms with Crippen molar-refractivity contribution < 1.29 is 5.11 Å². The highest BCUT2D eigenvalue weighted by molar-refractivity contribution is 5.46. The molecule has 0 radical (unpaired) electrons. The number of hydrogen-bond acceptors (Lipinski definition) is 1. The Morgan fingerprint density at radius 2 is 1.70 bits per heavy atom. The van der Waals surface area contributed by atoms with Crippen LogP contribution in [0, 0.1) is 38.5 Å². The molecule has 0 spiro atoms. The highest BCUT2D eigenvalue weighted by Gasteiger charge is 2.14. The van der Waals surface area contributed by atoms with Crippen molar-refractivity contribution in [3.05, 3.63) is 34.4 Å². The van der Waals surface area contributed by atoms with Crippen molar-refractivity contribution in [2.75, 3.05) is 0 Å². The summed E-state index contributed by atoms with van der Waals surface area (Å²) in [5.74, 6) is 6.52. The van der Waals surface area contributed by atoms with Gasteiger partial charge in [-0.1, -0.05) is 44.6 Å². The summed E-state index contributed by atoms with van der Waals surface area (Å²) in [4.78, 5) is 0. The van der Waals surface area contributed by atoms with E-state index in [1.165, 1.54) is 29.5 Å². The fourth-order valence-electron chi connectivity index (χ4n) is 2.42. The molecule has 20 heavy (non-hydrogen) atoms. The molecule has 1 rings (SSSR count). The molecule has 110 valence electrons. The molecule has 1 nitrogen and oxygen atoms in total. The summed E-state index contributed by atoms with van der Waals surface area (Å²) >= 11 is 0. The monoisotopic (exact) mass is 272 g/mol. The van der Waals surface area contributed by atoms with Crippen molar-refractivity contribution in [1.82, 2.24) is 0 Å². The molecular weight excluding hydrogens is 244 g/mol. The molecule has 0 bridgehead atoms. The highest BCUT2D eigenvalue weighted by atomic mass is 16.3. The third kappa shape index (κ3) is 4.69. The summed E-state index contributed by atoms with van der Waals surface area (Å²) < 4.78 is 0. The summed E-state index contributed by atoms with van der Waals surface area (Å²) in [6.07, 6.45) is 3.89. The zero-order valence-electron chi connectivity index (χ0n) is 13.6. The molecule has 2 atom stereocenters. The number of benzene rings is 1. The molecule has 0 amide bonds. The lowest BCUT2D eigenvalue weighted by molar-refractivity contribution is 0.150. The second kappa shape index (κ2) is 8.12. The maximum Gasteiger partial charge on any atom is 0.117 e. The van der Waals surface area contributed by atoms with E-state index in [0.717, 1.165) is 18.4 Å². The number of hydrogen-bond donors (Lipinski definition) is 1. The molecule has 0 heterocycles. The van der Waals surface area contributed by atoms with Gasteiger partial charge in [0.1, 0.15) is 6.10 Å². The molecule has 1 aromatic rings. The van der Waals surface area contributed by atoms with Gasteiger partial charge in [-0.25, -0.2) is 0 Å². The van der Waals surface area contributed by atoms with Crippen molar-refractivity contribution in [3.8, 4) is 11.8 Å². The van der Waals surface area contributed by atoms with Gasteiger partial charge in [0.25, 0.3) is 0 Å². The van der Waals surface area contributed by atoms with Crippen LogP contribution in [-0.4, -0.2) is 11.2 Å². The average molecular weight is 272 g/mol. The third-order valence-electron chi connectivity index (χ3n) is 4.09. The van der Waals surface area contributed by atoms with Crippen LogP contribution in [0.2, 0.25) is 0 Å². The van der Waals surface area contributed by atoms with Gasteiger partial charge in [-0.05, 0) is 62.3 Å². The predicted octanol–water partition coefficient (Wildman–Crippen LogP) is 4.54. The Hall–Kier alpha value is -1.26. The first-order valence-corrected chi connectivity index (χ1v) is 7.77. The smallest absolute Gasteiger partial charge is 0.117 e. The number of rotatable bonds is 5. The Morgan fingerprint density at radius 1 is 1.05 bits per heavy atom. The molecule has 0 saturated carbocycles. The minimum absolute atomic E-state index is 0.300. The first-order chi connectivity index (χ1) is 9.49. The normalized spacial score (nSPS) is 13.5. The molecule has 0 aromatic heterocycles. The Kier molecular flexibility index (Phi) is 6.82. The standard InChI is InChI=1S/C19H28O/c1-6-8-9-17(7-2)19(20)11-10-18-13-15(4)14(3)12-16(18)5/h12-13,17,19-20H,6-9H2,1-5H3. The molecule has 0 aliphatic heterocycles. The van der Waals surface area contributed by atoms with Crippen LogP contribution in [0.5, 0.6) is 0 Å². The van der Waals surface area contributed by atoms with Gasteiger partial charge in [-0.2, -0.15) is 0 Å². The molecule has 2 unspecified atom stereocenters. The van der Waals surface area contributed by atoms with Crippen LogP contribution in [0.4, 0.5) is 0 Å². The fourth-order valence-corrected chi connectivity index (χ4v) is 2.42. The lowest BCUT2D eigenvalue weighted by Gasteiger charge is -2.16. The van der Waals surface area contributed by atoms with E-state index in [9.17, 15) is 5.11 Å². The van der Waals surface area contributed by atoms with Gasteiger partial charge < -0.3 is 5.11 Å². The van der Waals surface area contributed by atoms with Crippen LogP contribution in [0.25, 0.3) is 0 Å². The molecular formula is C19H28O. The van der Waals surface area contributed by atoms with Gasteiger partial charge in [-0.3, -0.25) is 0 Å². The van der Waals surface area contributed by atoms with Gasteiger partial charge in [0.05, 0.1) is 0 Å². The van der Waals surface area contributed by atoms with Crippen molar-refractivity contribution in [2.45, 2.75) is 66.4 Å². The topological polar surface area (TPSA) is 20.2 Å². The van der Waals surface area contributed by atoms with Crippen molar-refractivity contribution in [3.63, 3.8) is 0 Å². The molecule has 1 aromatic carbocycles. The maximum absolute atomic E-state index is 10.2. The Bertz CT molecular complexity index is 490. The summed E-state index contributed by atoms with van der Waals surface area (Å²) in [5, 5.41) is 10.2. The van der Waals surface area contributed by atoms with Crippen molar-refractivity contribution in [2.24, 2.45) is 5.92 Å². The molecule has 0 aliphatic carbocycles. The quantitative estimate of drug-likeness (QED) is 0.780. The van der Waals surface area contributed by atoms with E-state index < -0.39 is 6.10 Å². The molecule has 1 heteroatoms. The van der Waals surface area contributed by atoms with Crippen LogP contribution in [0.3, 0.4) is 0 Å². The maximum atomic E-state index is 10.2. The van der Waals surface area contributed by atoms with E-state index in [0.29, 0.717) is 5.92 Å². The van der Waals surface area contributed by atoms with E-state index in [1.54, 1.807) is 0 Å². The number of aliphatic hydroxyl groups is 1. The summed E-state index contributed by atoms with van der Waals surface area (Å²) in [7, 11) is 0. The van der Waals surface area contributed by atoms with Crippen LogP contribution >= 0.6 is 0 Å².